The Balaban J connectivity index is 0.00000324. The lowest BCUT2D eigenvalue weighted by atomic mass is 10.2. The van der Waals surface area contributed by atoms with Gasteiger partial charge in [-0.3, -0.25) is 4.90 Å². The number of rotatable bonds is 7. The maximum absolute atomic E-state index is 11.0. The summed E-state index contributed by atoms with van der Waals surface area (Å²) < 4.78 is 5.62. The number of benzene rings is 1. The molecule has 0 bridgehead atoms. The molecule has 1 atom stereocenters. The van der Waals surface area contributed by atoms with Crippen LogP contribution in [-0.2, 0) is 0 Å². The van der Waals surface area contributed by atoms with Crippen molar-refractivity contribution in [3.63, 3.8) is 0 Å². The van der Waals surface area contributed by atoms with Crippen LogP contribution in [0.15, 0.2) is 24.3 Å². The highest BCUT2D eigenvalue weighted by Crippen LogP contribution is 2.18. The van der Waals surface area contributed by atoms with Crippen LogP contribution >= 0.6 is 12.4 Å². The number of ether oxygens (including phenoxy) is 1. The molecular weight excluding hydrogens is 266 g/mol. The Kier molecular flexibility index (Phi) is 8.19. The maximum atomic E-state index is 11.0. The molecule has 0 fully saturated rings. The molecule has 0 aromatic heterocycles. The summed E-state index contributed by atoms with van der Waals surface area (Å²) in [6.07, 6.45) is 0. The molecule has 1 rings (SSSR count). The lowest BCUT2D eigenvalue weighted by Crippen LogP contribution is -2.37. The van der Waals surface area contributed by atoms with Crippen LogP contribution in [0.2, 0.25) is 0 Å². The van der Waals surface area contributed by atoms with Crippen LogP contribution in [0.25, 0.3) is 0 Å². The number of hydrogen-bond donors (Lipinski definition) is 1. The van der Waals surface area contributed by atoms with Gasteiger partial charge in [0.1, 0.15) is 17.9 Å². The van der Waals surface area contributed by atoms with E-state index >= 15 is 0 Å². The van der Waals surface area contributed by atoms with Crippen molar-refractivity contribution in [3.05, 3.63) is 29.8 Å². The number of likely N-dealkylation sites (N-methyl/N-ethyl adjacent to an activating group) is 1. The van der Waals surface area contributed by atoms with Gasteiger partial charge in [-0.15, -0.1) is 12.4 Å². The van der Waals surface area contributed by atoms with Gasteiger partial charge in [0.15, 0.2) is 0 Å². The molecule has 1 unspecified atom stereocenters. The summed E-state index contributed by atoms with van der Waals surface area (Å²) in [6, 6.07) is 6.99. The molecule has 1 N–H and O–H groups in total. The number of carbonyl (C=O) groups is 1. The first-order chi connectivity index (χ1) is 8.60. The summed E-state index contributed by atoms with van der Waals surface area (Å²) in [6.45, 7) is 8.70. The van der Waals surface area contributed by atoms with E-state index in [1.165, 1.54) is 0 Å². The highest BCUT2D eigenvalue weighted by Gasteiger charge is 2.14. The van der Waals surface area contributed by atoms with E-state index in [1.807, 2.05) is 0 Å². The first kappa shape index (κ1) is 17.7. The number of hydrogen-bond acceptors (Lipinski definition) is 3. The number of carboxylic acids is 1. The fourth-order valence-electron chi connectivity index (χ4n) is 1.93. The summed E-state index contributed by atoms with van der Waals surface area (Å²) in [5.41, 5.74) is 0.212. The number of carboxylic acid groups (broad SMARTS) is 1. The molecule has 4 nitrogen and oxygen atoms in total. The van der Waals surface area contributed by atoms with Gasteiger partial charge in [-0.2, -0.15) is 0 Å². The minimum atomic E-state index is -0.957. The summed E-state index contributed by atoms with van der Waals surface area (Å²) in [7, 11) is 0. The average Bonchev–Trinajstić information content (AvgIpc) is 2.38. The van der Waals surface area contributed by atoms with E-state index in [1.54, 1.807) is 24.3 Å². The highest BCUT2D eigenvalue weighted by molar-refractivity contribution is 5.90. The van der Waals surface area contributed by atoms with Crippen molar-refractivity contribution in [1.82, 2.24) is 4.90 Å². The zero-order valence-electron chi connectivity index (χ0n) is 11.6. The molecule has 0 spiro atoms. The molecule has 1 aromatic carbocycles. The highest BCUT2D eigenvalue weighted by atomic mass is 35.5. The summed E-state index contributed by atoms with van der Waals surface area (Å²) >= 11 is 0. The topological polar surface area (TPSA) is 49.8 Å². The SMILES string of the molecule is CCN(CC)C(C)COc1ccccc1C(=O)O.Cl. The Labute approximate surface area is 120 Å². The first-order valence-corrected chi connectivity index (χ1v) is 6.29. The molecule has 0 saturated heterocycles. The molecule has 108 valence electrons. The van der Waals surface area contributed by atoms with Crippen molar-refractivity contribution in [2.75, 3.05) is 19.7 Å². The van der Waals surface area contributed by atoms with Crippen LogP contribution in [0.4, 0.5) is 0 Å². The zero-order chi connectivity index (χ0) is 13.5. The van der Waals surface area contributed by atoms with Gasteiger partial charge in [-0.25, -0.2) is 4.79 Å². The largest absolute Gasteiger partial charge is 0.491 e. The van der Waals surface area contributed by atoms with E-state index in [2.05, 4.69) is 25.7 Å². The molecule has 0 radical (unpaired) electrons. The van der Waals surface area contributed by atoms with Gasteiger partial charge < -0.3 is 9.84 Å². The van der Waals surface area contributed by atoms with Crippen LogP contribution in [0.3, 0.4) is 0 Å². The normalized spacial score (nSPS) is 11.8. The molecule has 0 aliphatic heterocycles. The van der Waals surface area contributed by atoms with Gasteiger partial charge in [-0.05, 0) is 32.1 Å². The van der Waals surface area contributed by atoms with Crippen molar-refractivity contribution < 1.29 is 14.6 Å². The van der Waals surface area contributed by atoms with E-state index < -0.39 is 5.97 Å². The predicted octanol–water partition coefficient (Wildman–Crippen LogP) is 2.92. The van der Waals surface area contributed by atoms with Gasteiger partial charge >= 0.3 is 5.97 Å². The minimum Gasteiger partial charge on any atom is -0.491 e. The van der Waals surface area contributed by atoms with Gasteiger partial charge in [0, 0.05) is 6.04 Å². The van der Waals surface area contributed by atoms with E-state index in [0.29, 0.717) is 12.4 Å². The van der Waals surface area contributed by atoms with Gasteiger partial charge in [0.25, 0.3) is 0 Å². The predicted molar refractivity (Wildman–Crippen MR) is 78.5 cm³/mol. The molecule has 0 aliphatic carbocycles. The molecule has 19 heavy (non-hydrogen) atoms. The van der Waals surface area contributed by atoms with Crippen molar-refractivity contribution in [2.45, 2.75) is 26.8 Å². The third-order valence-electron chi connectivity index (χ3n) is 3.03. The van der Waals surface area contributed by atoms with Crippen molar-refractivity contribution in [3.8, 4) is 5.75 Å². The summed E-state index contributed by atoms with van der Waals surface area (Å²) in [5.74, 6) is -0.523. The monoisotopic (exact) mass is 287 g/mol. The molecule has 0 saturated carbocycles. The van der Waals surface area contributed by atoms with Crippen molar-refractivity contribution in [1.29, 1.82) is 0 Å². The molecule has 0 heterocycles. The van der Waals surface area contributed by atoms with E-state index in [4.69, 9.17) is 9.84 Å². The Morgan fingerprint density at radius 3 is 2.42 bits per heavy atom. The average molecular weight is 288 g/mol. The van der Waals surface area contributed by atoms with Crippen LogP contribution < -0.4 is 4.74 Å². The number of aromatic carboxylic acids is 1. The number of halogens is 1. The Bertz CT molecular complexity index is 394. The van der Waals surface area contributed by atoms with Crippen molar-refractivity contribution >= 4 is 18.4 Å². The van der Waals surface area contributed by atoms with Crippen LogP contribution in [0, 0.1) is 0 Å². The van der Waals surface area contributed by atoms with Crippen LogP contribution in [0.1, 0.15) is 31.1 Å². The van der Waals surface area contributed by atoms with Crippen molar-refractivity contribution in [2.24, 2.45) is 0 Å². The van der Waals surface area contributed by atoms with E-state index in [9.17, 15) is 4.79 Å². The smallest absolute Gasteiger partial charge is 0.339 e. The fourth-order valence-corrected chi connectivity index (χ4v) is 1.93. The molecule has 0 amide bonds. The third-order valence-corrected chi connectivity index (χ3v) is 3.03. The van der Waals surface area contributed by atoms with Gasteiger partial charge in [-0.1, -0.05) is 26.0 Å². The maximum Gasteiger partial charge on any atom is 0.339 e. The Morgan fingerprint density at radius 2 is 1.89 bits per heavy atom. The molecule has 1 aromatic rings. The summed E-state index contributed by atoms with van der Waals surface area (Å²) in [5, 5.41) is 9.04. The Hall–Kier alpha value is -1.26. The lowest BCUT2D eigenvalue weighted by molar-refractivity contribution is 0.0689. The lowest BCUT2D eigenvalue weighted by Gasteiger charge is -2.26. The zero-order valence-corrected chi connectivity index (χ0v) is 12.4. The fraction of sp³-hybridized carbons (Fsp3) is 0.500. The molecular formula is C14H22ClNO3. The third kappa shape index (κ3) is 5.09. The Morgan fingerprint density at radius 1 is 1.32 bits per heavy atom. The van der Waals surface area contributed by atoms with Gasteiger partial charge in [0.2, 0.25) is 0 Å². The number of nitrogens with zero attached hydrogens (tertiary/aromatic N) is 1. The van der Waals surface area contributed by atoms with Crippen LogP contribution in [0.5, 0.6) is 5.75 Å². The minimum absolute atomic E-state index is 0. The van der Waals surface area contributed by atoms with Crippen LogP contribution in [-0.4, -0.2) is 41.7 Å². The second kappa shape index (κ2) is 8.77. The standard InChI is InChI=1S/C14H21NO3.ClH/c1-4-15(5-2)11(3)10-18-13-9-7-6-8-12(13)14(16)17;/h6-9,11H,4-5,10H2,1-3H3,(H,16,17);1H. The summed E-state index contributed by atoms with van der Waals surface area (Å²) in [4.78, 5) is 13.3. The quantitative estimate of drug-likeness (QED) is 0.838. The first-order valence-electron chi connectivity index (χ1n) is 6.29. The van der Waals surface area contributed by atoms with Gasteiger partial charge in [0.05, 0.1) is 0 Å². The second-order valence-corrected chi connectivity index (χ2v) is 4.18. The van der Waals surface area contributed by atoms with E-state index in [0.717, 1.165) is 13.1 Å². The number of para-hydroxylation sites is 1. The molecule has 0 aliphatic rings. The molecule has 5 heteroatoms. The van der Waals surface area contributed by atoms with E-state index in [-0.39, 0.29) is 24.0 Å². The second-order valence-electron chi connectivity index (χ2n) is 4.18.